The van der Waals surface area contributed by atoms with E-state index in [1.54, 1.807) is 0 Å². The Hall–Kier alpha value is -1.01. The molecule has 0 fully saturated rings. The van der Waals surface area contributed by atoms with Crippen molar-refractivity contribution in [2.75, 3.05) is 13.2 Å². The highest BCUT2D eigenvalue weighted by Gasteiger charge is 2.14. The average molecular weight is 338 g/mol. The lowest BCUT2D eigenvalue weighted by molar-refractivity contribution is 0.0695. The Morgan fingerprint density at radius 3 is 2.57 bits per heavy atom. The molecule has 0 aliphatic carbocycles. The molecule has 0 aromatic heterocycles. The van der Waals surface area contributed by atoms with E-state index in [1.165, 1.54) is 18.2 Å². The van der Waals surface area contributed by atoms with Crippen LogP contribution in [0.5, 0.6) is 5.75 Å². The molecule has 120 valence electrons. The number of carboxylic acid groups (broad SMARTS) is 1. The topological polar surface area (TPSA) is 78.8 Å². The van der Waals surface area contributed by atoms with Gasteiger partial charge in [0.15, 0.2) is 0 Å². The molecule has 0 radical (unpaired) electrons. The van der Waals surface area contributed by atoms with E-state index >= 15 is 0 Å². The molecule has 21 heavy (non-hydrogen) atoms. The summed E-state index contributed by atoms with van der Waals surface area (Å²) in [6, 6.07) is 4.20. The van der Waals surface area contributed by atoms with Gasteiger partial charge in [-0.15, -0.1) is 12.4 Å². The summed E-state index contributed by atoms with van der Waals surface area (Å²) in [6.45, 7) is 6.39. The number of benzene rings is 1. The summed E-state index contributed by atoms with van der Waals surface area (Å²) < 4.78 is 5.37. The van der Waals surface area contributed by atoms with Gasteiger partial charge in [-0.1, -0.05) is 11.6 Å². The normalized spacial score (nSPS) is 12.4. The van der Waals surface area contributed by atoms with Crippen molar-refractivity contribution in [2.45, 2.75) is 32.4 Å². The van der Waals surface area contributed by atoms with Crippen LogP contribution in [0.2, 0.25) is 5.02 Å². The number of aliphatic hydroxyl groups excluding tert-OH is 1. The molecule has 1 atom stereocenters. The number of aromatic carboxylic acids is 1. The van der Waals surface area contributed by atoms with Crippen molar-refractivity contribution in [3.8, 4) is 5.75 Å². The van der Waals surface area contributed by atoms with E-state index in [-0.39, 0.29) is 35.9 Å². The van der Waals surface area contributed by atoms with Crippen molar-refractivity contribution in [1.82, 2.24) is 5.32 Å². The third-order valence-electron chi connectivity index (χ3n) is 2.48. The van der Waals surface area contributed by atoms with Crippen molar-refractivity contribution >= 4 is 30.0 Å². The molecule has 0 amide bonds. The summed E-state index contributed by atoms with van der Waals surface area (Å²) in [7, 11) is 0. The first kappa shape index (κ1) is 20.0. The molecule has 1 unspecified atom stereocenters. The van der Waals surface area contributed by atoms with Crippen molar-refractivity contribution in [1.29, 1.82) is 0 Å². The second-order valence-corrected chi connectivity index (χ2v) is 5.95. The van der Waals surface area contributed by atoms with Gasteiger partial charge in [0, 0.05) is 12.1 Å². The smallest absolute Gasteiger partial charge is 0.335 e. The number of halogens is 2. The Morgan fingerprint density at radius 2 is 2.05 bits per heavy atom. The van der Waals surface area contributed by atoms with Crippen LogP contribution in [0, 0.1) is 0 Å². The third-order valence-corrected chi connectivity index (χ3v) is 2.79. The molecular weight excluding hydrogens is 317 g/mol. The molecule has 7 heteroatoms. The van der Waals surface area contributed by atoms with E-state index in [4.69, 9.17) is 21.4 Å². The minimum absolute atomic E-state index is 0. The van der Waals surface area contributed by atoms with Crippen LogP contribution < -0.4 is 10.1 Å². The molecule has 3 N–H and O–H groups in total. The molecule has 0 saturated heterocycles. The first-order chi connectivity index (χ1) is 9.19. The SMILES string of the molecule is CC(C)(C)NCC(O)COc1cc(C(=O)O)ccc1Cl.Cl. The molecular formula is C14H21Cl2NO4. The van der Waals surface area contributed by atoms with Gasteiger partial charge < -0.3 is 20.3 Å². The Balaban J connectivity index is 0.00000400. The van der Waals surface area contributed by atoms with Crippen molar-refractivity contribution in [3.63, 3.8) is 0 Å². The van der Waals surface area contributed by atoms with Crippen LogP contribution >= 0.6 is 24.0 Å². The summed E-state index contributed by atoms with van der Waals surface area (Å²) in [5.74, 6) is -0.803. The quantitative estimate of drug-likeness (QED) is 0.743. The summed E-state index contributed by atoms with van der Waals surface area (Å²) >= 11 is 5.92. The zero-order valence-electron chi connectivity index (χ0n) is 12.2. The Labute approximate surface area is 135 Å². The summed E-state index contributed by atoms with van der Waals surface area (Å²) in [5, 5.41) is 22.1. The lowest BCUT2D eigenvalue weighted by Crippen LogP contribution is -2.42. The molecule has 5 nitrogen and oxygen atoms in total. The van der Waals surface area contributed by atoms with Gasteiger partial charge in [0.2, 0.25) is 0 Å². The fraction of sp³-hybridized carbons (Fsp3) is 0.500. The molecule has 0 heterocycles. The predicted octanol–water partition coefficient (Wildman–Crippen LogP) is 2.59. The average Bonchev–Trinajstić information content (AvgIpc) is 2.34. The lowest BCUT2D eigenvalue weighted by atomic mass is 10.1. The van der Waals surface area contributed by atoms with Crippen LogP contribution in [0.25, 0.3) is 0 Å². The van der Waals surface area contributed by atoms with Crippen LogP contribution in [-0.2, 0) is 0 Å². The zero-order valence-corrected chi connectivity index (χ0v) is 13.8. The van der Waals surface area contributed by atoms with Crippen molar-refractivity contribution in [2.24, 2.45) is 0 Å². The van der Waals surface area contributed by atoms with E-state index < -0.39 is 12.1 Å². The predicted molar refractivity (Wildman–Crippen MR) is 84.9 cm³/mol. The first-order valence-corrected chi connectivity index (χ1v) is 6.65. The van der Waals surface area contributed by atoms with Crippen molar-refractivity contribution in [3.05, 3.63) is 28.8 Å². The molecule has 0 aliphatic rings. The number of hydrogen-bond donors (Lipinski definition) is 3. The number of carbonyl (C=O) groups is 1. The molecule has 1 aromatic carbocycles. The zero-order chi connectivity index (χ0) is 15.3. The van der Waals surface area contributed by atoms with Crippen LogP contribution in [0.15, 0.2) is 18.2 Å². The number of rotatable bonds is 6. The number of ether oxygens (including phenoxy) is 1. The Morgan fingerprint density at radius 1 is 1.43 bits per heavy atom. The Bertz CT molecular complexity index is 475. The minimum Gasteiger partial charge on any atom is -0.489 e. The monoisotopic (exact) mass is 337 g/mol. The standard InChI is InChI=1S/C14H20ClNO4.ClH/c1-14(2,3)16-7-10(17)8-20-12-6-9(13(18)19)4-5-11(12)15;/h4-6,10,16-17H,7-8H2,1-3H3,(H,18,19);1H. The van der Waals surface area contributed by atoms with E-state index in [1.807, 2.05) is 20.8 Å². The second-order valence-electron chi connectivity index (χ2n) is 5.55. The Kier molecular flexibility index (Phi) is 8.03. The summed E-state index contributed by atoms with van der Waals surface area (Å²) in [6.07, 6.45) is -0.709. The first-order valence-electron chi connectivity index (χ1n) is 6.28. The fourth-order valence-corrected chi connectivity index (χ4v) is 1.59. The molecule has 0 spiro atoms. The van der Waals surface area contributed by atoms with E-state index in [0.717, 1.165) is 0 Å². The van der Waals surface area contributed by atoms with Crippen molar-refractivity contribution < 1.29 is 19.7 Å². The van der Waals surface area contributed by atoms with Crippen LogP contribution in [-0.4, -0.2) is 41.0 Å². The van der Waals surface area contributed by atoms with Gasteiger partial charge in [0.1, 0.15) is 18.5 Å². The number of hydrogen-bond acceptors (Lipinski definition) is 4. The minimum atomic E-state index is -1.05. The summed E-state index contributed by atoms with van der Waals surface area (Å²) in [5.41, 5.74) is -0.00584. The van der Waals surface area contributed by atoms with Gasteiger partial charge >= 0.3 is 5.97 Å². The number of aliphatic hydroxyl groups is 1. The second kappa shape index (κ2) is 8.44. The van der Waals surface area contributed by atoms with Gasteiger partial charge in [-0.3, -0.25) is 0 Å². The lowest BCUT2D eigenvalue weighted by Gasteiger charge is -2.23. The highest BCUT2D eigenvalue weighted by atomic mass is 35.5. The summed E-state index contributed by atoms with van der Waals surface area (Å²) in [4.78, 5) is 10.9. The van der Waals surface area contributed by atoms with Gasteiger partial charge in [-0.05, 0) is 39.0 Å². The molecule has 1 rings (SSSR count). The van der Waals surface area contributed by atoms with Crippen LogP contribution in [0.4, 0.5) is 0 Å². The number of β-amino-alcohol motifs (C(OH)–C–C–N with tert-alkyl or cyclic N) is 1. The maximum Gasteiger partial charge on any atom is 0.335 e. The van der Waals surface area contributed by atoms with E-state index in [0.29, 0.717) is 11.6 Å². The van der Waals surface area contributed by atoms with Gasteiger partial charge in [0.25, 0.3) is 0 Å². The van der Waals surface area contributed by atoms with E-state index in [9.17, 15) is 9.90 Å². The van der Waals surface area contributed by atoms with Crippen LogP contribution in [0.3, 0.4) is 0 Å². The highest BCUT2D eigenvalue weighted by Crippen LogP contribution is 2.25. The van der Waals surface area contributed by atoms with E-state index in [2.05, 4.69) is 5.32 Å². The van der Waals surface area contributed by atoms with Gasteiger partial charge in [-0.25, -0.2) is 4.79 Å². The highest BCUT2D eigenvalue weighted by molar-refractivity contribution is 6.32. The third kappa shape index (κ3) is 7.52. The number of carboxylic acids is 1. The largest absolute Gasteiger partial charge is 0.489 e. The fourth-order valence-electron chi connectivity index (χ4n) is 1.42. The molecule has 0 aliphatic heterocycles. The maximum absolute atomic E-state index is 10.9. The van der Waals surface area contributed by atoms with Crippen LogP contribution in [0.1, 0.15) is 31.1 Å². The molecule has 0 bridgehead atoms. The molecule has 0 saturated carbocycles. The maximum atomic E-state index is 10.9. The van der Waals surface area contributed by atoms with Gasteiger partial charge in [0.05, 0.1) is 10.6 Å². The molecule has 1 aromatic rings. The van der Waals surface area contributed by atoms with Gasteiger partial charge in [-0.2, -0.15) is 0 Å². The number of nitrogens with one attached hydrogen (secondary N) is 1.